The first-order valence-corrected chi connectivity index (χ1v) is 8.35. The van der Waals surface area contributed by atoms with Gasteiger partial charge in [-0.05, 0) is 24.1 Å². The van der Waals surface area contributed by atoms with Gasteiger partial charge >= 0.3 is 0 Å². The Hall–Kier alpha value is -2.56. The van der Waals surface area contributed by atoms with E-state index in [-0.39, 0.29) is 17.7 Å². The minimum Gasteiger partial charge on any atom is -0.357 e. The Kier molecular flexibility index (Phi) is 3.44. The molecule has 1 aromatic heterocycles. The molecule has 4 rings (SSSR count). The van der Waals surface area contributed by atoms with Crippen molar-refractivity contribution in [3.63, 3.8) is 0 Å². The van der Waals surface area contributed by atoms with Crippen LogP contribution in [0.2, 0.25) is 0 Å². The van der Waals surface area contributed by atoms with E-state index < -0.39 is 5.41 Å². The Morgan fingerprint density at radius 2 is 2.00 bits per heavy atom. The number of H-pyrrole nitrogens is 1. The number of nitrogens with zero attached hydrogens (tertiary/aromatic N) is 2. The summed E-state index contributed by atoms with van der Waals surface area (Å²) in [6.07, 6.45) is 2.55. The van der Waals surface area contributed by atoms with Gasteiger partial charge in [-0.25, -0.2) is 0 Å². The van der Waals surface area contributed by atoms with Gasteiger partial charge in [0.15, 0.2) is 0 Å². The van der Waals surface area contributed by atoms with E-state index in [1.807, 2.05) is 36.2 Å². The fourth-order valence-electron chi connectivity index (χ4n) is 4.23. The SMILES string of the molecule is CN1CC[C@]2(CN(C(=O)c3ccc[nH]3)C[C@H]2c2ccccc2)C1=O. The zero-order valence-electron chi connectivity index (χ0n) is 13.7. The third-order valence-corrected chi connectivity index (χ3v) is 5.53. The van der Waals surface area contributed by atoms with Crippen LogP contribution in [-0.4, -0.2) is 53.3 Å². The lowest BCUT2D eigenvalue weighted by molar-refractivity contribution is -0.134. The highest BCUT2D eigenvalue weighted by atomic mass is 16.2. The van der Waals surface area contributed by atoms with E-state index in [0.29, 0.717) is 18.8 Å². The number of likely N-dealkylation sites (tertiary alicyclic amines) is 2. The Morgan fingerprint density at radius 1 is 1.21 bits per heavy atom. The van der Waals surface area contributed by atoms with E-state index in [1.165, 1.54) is 0 Å². The van der Waals surface area contributed by atoms with Crippen LogP contribution >= 0.6 is 0 Å². The molecule has 5 heteroatoms. The predicted octanol–water partition coefficient (Wildman–Crippen LogP) is 2.10. The first kappa shape index (κ1) is 15.0. The molecule has 0 unspecified atom stereocenters. The van der Waals surface area contributed by atoms with Crippen LogP contribution in [0.3, 0.4) is 0 Å². The van der Waals surface area contributed by atoms with E-state index in [0.717, 1.165) is 18.5 Å². The van der Waals surface area contributed by atoms with Gasteiger partial charge in [0.25, 0.3) is 5.91 Å². The molecule has 2 atom stereocenters. The molecule has 2 fully saturated rings. The van der Waals surface area contributed by atoms with Gasteiger partial charge in [0, 0.05) is 38.8 Å². The van der Waals surface area contributed by atoms with Gasteiger partial charge in [0.1, 0.15) is 5.69 Å². The van der Waals surface area contributed by atoms with E-state index in [2.05, 4.69) is 17.1 Å². The molecular formula is C19H21N3O2. The average Bonchev–Trinajstić information content (AvgIpc) is 3.33. The minimum atomic E-state index is -0.488. The van der Waals surface area contributed by atoms with E-state index in [1.54, 1.807) is 17.2 Å². The van der Waals surface area contributed by atoms with Crippen molar-refractivity contribution in [2.24, 2.45) is 5.41 Å². The van der Waals surface area contributed by atoms with Crippen LogP contribution in [0.5, 0.6) is 0 Å². The summed E-state index contributed by atoms with van der Waals surface area (Å²) in [6.45, 7) is 1.84. The molecule has 24 heavy (non-hydrogen) atoms. The van der Waals surface area contributed by atoms with Crippen molar-refractivity contribution in [1.29, 1.82) is 0 Å². The van der Waals surface area contributed by atoms with Crippen molar-refractivity contribution in [2.45, 2.75) is 12.3 Å². The number of hydrogen-bond donors (Lipinski definition) is 1. The molecule has 1 aromatic carbocycles. The smallest absolute Gasteiger partial charge is 0.270 e. The number of rotatable bonds is 2. The summed E-state index contributed by atoms with van der Waals surface area (Å²) in [4.78, 5) is 32.3. The van der Waals surface area contributed by atoms with Crippen molar-refractivity contribution >= 4 is 11.8 Å². The second-order valence-corrected chi connectivity index (χ2v) is 6.87. The van der Waals surface area contributed by atoms with Crippen LogP contribution in [-0.2, 0) is 4.79 Å². The third-order valence-electron chi connectivity index (χ3n) is 5.53. The molecule has 2 saturated heterocycles. The molecule has 124 valence electrons. The van der Waals surface area contributed by atoms with E-state index in [9.17, 15) is 9.59 Å². The monoisotopic (exact) mass is 323 g/mol. The van der Waals surface area contributed by atoms with Crippen molar-refractivity contribution in [3.8, 4) is 0 Å². The summed E-state index contributed by atoms with van der Waals surface area (Å²) in [7, 11) is 1.86. The second kappa shape index (κ2) is 5.51. The summed E-state index contributed by atoms with van der Waals surface area (Å²) in [6, 6.07) is 13.7. The maximum absolute atomic E-state index is 12.9. The highest BCUT2D eigenvalue weighted by Gasteiger charge is 2.57. The quantitative estimate of drug-likeness (QED) is 0.920. The normalized spacial score (nSPS) is 26.5. The molecule has 2 aromatic rings. The minimum absolute atomic E-state index is 0.0276. The maximum Gasteiger partial charge on any atom is 0.270 e. The number of aromatic nitrogens is 1. The van der Waals surface area contributed by atoms with Gasteiger partial charge in [-0.15, -0.1) is 0 Å². The lowest BCUT2D eigenvalue weighted by atomic mass is 9.73. The van der Waals surface area contributed by atoms with Crippen LogP contribution in [0.1, 0.15) is 28.4 Å². The van der Waals surface area contributed by atoms with Crippen LogP contribution in [0.25, 0.3) is 0 Å². The van der Waals surface area contributed by atoms with Gasteiger partial charge in [-0.2, -0.15) is 0 Å². The van der Waals surface area contributed by atoms with Crippen molar-refractivity contribution < 1.29 is 9.59 Å². The average molecular weight is 323 g/mol. The largest absolute Gasteiger partial charge is 0.357 e. The molecule has 1 N–H and O–H groups in total. The van der Waals surface area contributed by atoms with E-state index >= 15 is 0 Å². The molecular weight excluding hydrogens is 302 g/mol. The Labute approximate surface area is 141 Å². The van der Waals surface area contributed by atoms with Crippen molar-refractivity contribution in [1.82, 2.24) is 14.8 Å². The van der Waals surface area contributed by atoms with Gasteiger partial charge < -0.3 is 14.8 Å². The molecule has 0 aliphatic carbocycles. The number of carbonyl (C=O) groups is 2. The summed E-state index contributed by atoms with van der Waals surface area (Å²) in [5, 5.41) is 0. The molecule has 0 saturated carbocycles. The van der Waals surface area contributed by atoms with Gasteiger partial charge in [-0.3, -0.25) is 9.59 Å². The molecule has 2 aliphatic rings. The number of nitrogens with one attached hydrogen (secondary N) is 1. The first-order valence-electron chi connectivity index (χ1n) is 8.35. The summed E-state index contributed by atoms with van der Waals surface area (Å²) in [5.41, 5.74) is 1.24. The Morgan fingerprint density at radius 3 is 2.62 bits per heavy atom. The standard InChI is InChI=1S/C19H21N3O2/c1-21-11-9-19(18(21)24)13-22(17(23)16-8-5-10-20-16)12-15(19)14-6-3-2-4-7-14/h2-8,10,15,20H,9,11-13H2,1H3/t15-,19+/m0/s1. The van der Waals surface area contributed by atoms with Crippen LogP contribution in [0.15, 0.2) is 48.7 Å². The van der Waals surface area contributed by atoms with Gasteiger partial charge in [-0.1, -0.05) is 30.3 Å². The molecule has 3 heterocycles. The summed E-state index contributed by atoms with van der Waals surface area (Å²) < 4.78 is 0. The second-order valence-electron chi connectivity index (χ2n) is 6.87. The molecule has 2 aliphatic heterocycles. The van der Waals surface area contributed by atoms with Crippen LogP contribution in [0.4, 0.5) is 0 Å². The molecule has 2 amide bonds. The highest BCUT2D eigenvalue weighted by molar-refractivity contribution is 5.94. The first-order chi connectivity index (χ1) is 11.6. The van der Waals surface area contributed by atoms with Crippen molar-refractivity contribution in [3.05, 3.63) is 59.9 Å². The zero-order chi connectivity index (χ0) is 16.7. The lowest BCUT2D eigenvalue weighted by Gasteiger charge is -2.28. The number of amides is 2. The maximum atomic E-state index is 12.9. The van der Waals surface area contributed by atoms with Gasteiger partial charge in [0.05, 0.1) is 5.41 Å². The lowest BCUT2D eigenvalue weighted by Crippen LogP contribution is -2.39. The predicted molar refractivity (Wildman–Crippen MR) is 90.6 cm³/mol. The Balaban J connectivity index is 1.71. The van der Waals surface area contributed by atoms with Gasteiger partial charge in [0.2, 0.25) is 5.91 Å². The number of aromatic amines is 1. The molecule has 0 bridgehead atoms. The zero-order valence-corrected chi connectivity index (χ0v) is 13.7. The molecule has 5 nitrogen and oxygen atoms in total. The third kappa shape index (κ3) is 2.15. The van der Waals surface area contributed by atoms with Crippen LogP contribution in [0, 0.1) is 5.41 Å². The number of benzene rings is 1. The topological polar surface area (TPSA) is 56.4 Å². The fraction of sp³-hybridized carbons (Fsp3) is 0.368. The highest BCUT2D eigenvalue weighted by Crippen LogP contribution is 2.49. The number of carbonyl (C=O) groups excluding carboxylic acids is 2. The molecule has 1 spiro atoms. The molecule has 0 radical (unpaired) electrons. The fourth-order valence-corrected chi connectivity index (χ4v) is 4.23. The van der Waals surface area contributed by atoms with Crippen LogP contribution < -0.4 is 0 Å². The summed E-state index contributed by atoms with van der Waals surface area (Å²) in [5.74, 6) is 0.188. The van der Waals surface area contributed by atoms with E-state index in [4.69, 9.17) is 0 Å². The Bertz CT molecular complexity index is 756. The summed E-state index contributed by atoms with van der Waals surface area (Å²) >= 11 is 0. The number of hydrogen-bond acceptors (Lipinski definition) is 2. The van der Waals surface area contributed by atoms with Crippen molar-refractivity contribution in [2.75, 3.05) is 26.7 Å².